The van der Waals surface area contributed by atoms with Crippen LogP contribution in [0.4, 0.5) is 0 Å². The maximum Gasteiger partial charge on any atom is 0.0213 e. The van der Waals surface area contributed by atoms with E-state index in [0.717, 1.165) is 6.42 Å². The number of hydrogen-bond donors (Lipinski definition) is 0. The fourth-order valence-electron chi connectivity index (χ4n) is 2.26. The Labute approximate surface area is 107 Å². The van der Waals surface area contributed by atoms with Crippen LogP contribution in [0.2, 0.25) is 0 Å². The van der Waals surface area contributed by atoms with E-state index in [1.807, 2.05) is 0 Å². The molecule has 0 saturated carbocycles. The van der Waals surface area contributed by atoms with Gasteiger partial charge in [-0.15, -0.1) is 0 Å². The lowest BCUT2D eigenvalue weighted by atomic mass is 10.0. The number of allylic oxidation sites excluding steroid dienone is 1. The zero-order valence-corrected chi connectivity index (χ0v) is 11.5. The smallest absolute Gasteiger partial charge is 0.0213 e. The standard InChI is InChI=1S/C15H19Br/c1-2-3-4-5-7-14-10-12-8-6-9-13(12)11-15(14)16/h6,9-11H,2-5,7-8H2,1H3. The van der Waals surface area contributed by atoms with Crippen molar-refractivity contribution in [1.29, 1.82) is 0 Å². The van der Waals surface area contributed by atoms with Gasteiger partial charge >= 0.3 is 0 Å². The summed E-state index contributed by atoms with van der Waals surface area (Å²) < 4.78 is 1.29. The summed E-state index contributed by atoms with van der Waals surface area (Å²) in [5.41, 5.74) is 4.37. The van der Waals surface area contributed by atoms with Crippen LogP contribution in [0.3, 0.4) is 0 Å². The molecule has 0 spiro atoms. The Bertz CT molecular complexity index is 391. The summed E-state index contributed by atoms with van der Waals surface area (Å²) in [4.78, 5) is 0. The third-order valence-corrected chi connectivity index (χ3v) is 3.98. The van der Waals surface area contributed by atoms with E-state index < -0.39 is 0 Å². The molecule has 0 amide bonds. The van der Waals surface area contributed by atoms with Crippen molar-refractivity contribution in [2.75, 3.05) is 0 Å². The zero-order valence-electron chi connectivity index (χ0n) is 9.93. The number of unbranched alkanes of at least 4 members (excludes halogenated alkanes) is 3. The van der Waals surface area contributed by atoms with E-state index in [4.69, 9.17) is 0 Å². The molecule has 0 saturated heterocycles. The highest BCUT2D eigenvalue weighted by molar-refractivity contribution is 9.10. The Morgan fingerprint density at radius 1 is 1.19 bits per heavy atom. The minimum atomic E-state index is 1.12. The van der Waals surface area contributed by atoms with Crippen LogP contribution >= 0.6 is 15.9 Å². The highest BCUT2D eigenvalue weighted by atomic mass is 79.9. The van der Waals surface area contributed by atoms with Gasteiger partial charge in [-0.25, -0.2) is 0 Å². The summed E-state index contributed by atoms with van der Waals surface area (Å²) in [5.74, 6) is 0. The quantitative estimate of drug-likeness (QED) is 0.654. The molecule has 0 atom stereocenters. The second-order valence-corrected chi connectivity index (χ2v) is 5.41. The number of halogens is 1. The fraction of sp³-hybridized carbons (Fsp3) is 0.467. The molecule has 1 heteroatoms. The van der Waals surface area contributed by atoms with Gasteiger partial charge in [0, 0.05) is 4.47 Å². The average molecular weight is 279 g/mol. The molecular weight excluding hydrogens is 260 g/mol. The van der Waals surface area contributed by atoms with Crippen LogP contribution in [0.5, 0.6) is 0 Å². The van der Waals surface area contributed by atoms with Crippen molar-refractivity contribution in [2.24, 2.45) is 0 Å². The van der Waals surface area contributed by atoms with Crippen LogP contribution in [0.25, 0.3) is 6.08 Å². The minimum absolute atomic E-state index is 1.12. The monoisotopic (exact) mass is 278 g/mol. The minimum Gasteiger partial charge on any atom is -0.0795 e. The Balaban J connectivity index is 2.00. The molecule has 0 radical (unpaired) electrons. The Morgan fingerprint density at radius 2 is 2.06 bits per heavy atom. The van der Waals surface area contributed by atoms with Gasteiger partial charge in [0.1, 0.15) is 0 Å². The van der Waals surface area contributed by atoms with Crippen LogP contribution < -0.4 is 0 Å². The van der Waals surface area contributed by atoms with E-state index in [1.54, 1.807) is 0 Å². The third-order valence-electron chi connectivity index (χ3n) is 3.24. The van der Waals surface area contributed by atoms with Gasteiger partial charge in [0.25, 0.3) is 0 Å². The van der Waals surface area contributed by atoms with E-state index >= 15 is 0 Å². The molecule has 0 aromatic heterocycles. The third kappa shape index (κ3) is 2.76. The van der Waals surface area contributed by atoms with Gasteiger partial charge in [-0.05, 0) is 42.0 Å². The predicted molar refractivity (Wildman–Crippen MR) is 74.7 cm³/mol. The van der Waals surface area contributed by atoms with Gasteiger partial charge in [0.15, 0.2) is 0 Å². The number of benzene rings is 1. The van der Waals surface area contributed by atoms with E-state index in [1.165, 1.54) is 53.3 Å². The number of aryl methyl sites for hydroxylation is 1. The molecule has 0 nitrogen and oxygen atoms in total. The van der Waals surface area contributed by atoms with Gasteiger partial charge in [0.05, 0.1) is 0 Å². The molecule has 86 valence electrons. The van der Waals surface area contributed by atoms with E-state index in [0.29, 0.717) is 0 Å². The van der Waals surface area contributed by atoms with Crippen molar-refractivity contribution in [3.8, 4) is 0 Å². The average Bonchev–Trinajstić information content (AvgIpc) is 2.71. The summed E-state index contributed by atoms with van der Waals surface area (Å²) in [6.07, 6.45) is 12.2. The summed E-state index contributed by atoms with van der Waals surface area (Å²) >= 11 is 3.69. The van der Waals surface area contributed by atoms with Crippen molar-refractivity contribution in [2.45, 2.75) is 45.4 Å². The SMILES string of the molecule is CCCCCCc1cc2c(cc1Br)C=CC2. The molecule has 1 aliphatic carbocycles. The molecule has 0 aliphatic heterocycles. The molecule has 0 unspecified atom stereocenters. The first kappa shape index (κ1) is 11.9. The summed E-state index contributed by atoms with van der Waals surface area (Å²) in [6, 6.07) is 4.65. The summed E-state index contributed by atoms with van der Waals surface area (Å²) in [6.45, 7) is 2.26. The Kier molecular flexibility index (Phi) is 4.22. The van der Waals surface area contributed by atoms with E-state index in [-0.39, 0.29) is 0 Å². The van der Waals surface area contributed by atoms with Crippen molar-refractivity contribution in [3.63, 3.8) is 0 Å². The van der Waals surface area contributed by atoms with Crippen LogP contribution in [0.1, 0.15) is 49.3 Å². The second kappa shape index (κ2) is 5.67. The Morgan fingerprint density at radius 3 is 2.88 bits per heavy atom. The van der Waals surface area contributed by atoms with Gasteiger partial charge in [-0.1, -0.05) is 60.3 Å². The van der Waals surface area contributed by atoms with E-state index in [9.17, 15) is 0 Å². The van der Waals surface area contributed by atoms with Crippen molar-refractivity contribution >= 4 is 22.0 Å². The van der Waals surface area contributed by atoms with E-state index in [2.05, 4.69) is 47.1 Å². The maximum absolute atomic E-state index is 3.69. The van der Waals surface area contributed by atoms with Gasteiger partial charge in [-0.2, -0.15) is 0 Å². The highest BCUT2D eigenvalue weighted by Crippen LogP contribution is 2.28. The van der Waals surface area contributed by atoms with Gasteiger partial charge in [0.2, 0.25) is 0 Å². The normalized spacial score (nSPS) is 13.1. The predicted octanol–water partition coefficient (Wildman–Crippen LogP) is 5.14. The molecule has 0 N–H and O–H groups in total. The first-order valence-electron chi connectivity index (χ1n) is 6.29. The topological polar surface area (TPSA) is 0 Å². The number of fused-ring (bicyclic) bond motifs is 1. The van der Waals surface area contributed by atoms with Crippen molar-refractivity contribution < 1.29 is 0 Å². The number of hydrogen-bond acceptors (Lipinski definition) is 0. The molecule has 0 fully saturated rings. The highest BCUT2D eigenvalue weighted by Gasteiger charge is 2.09. The van der Waals surface area contributed by atoms with Crippen molar-refractivity contribution in [1.82, 2.24) is 0 Å². The lowest BCUT2D eigenvalue weighted by Crippen LogP contribution is -1.92. The van der Waals surface area contributed by atoms with Crippen LogP contribution in [0, 0.1) is 0 Å². The lowest BCUT2D eigenvalue weighted by molar-refractivity contribution is 0.666. The summed E-state index contributed by atoms with van der Waals surface area (Å²) in [7, 11) is 0. The van der Waals surface area contributed by atoms with Crippen LogP contribution in [-0.4, -0.2) is 0 Å². The maximum atomic E-state index is 3.69. The molecule has 1 aliphatic rings. The molecule has 1 aromatic carbocycles. The van der Waals surface area contributed by atoms with Crippen molar-refractivity contribution in [3.05, 3.63) is 39.4 Å². The molecule has 0 heterocycles. The second-order valence-electron chi connectivity index (χ2n) is 4.56. The molecule has 1 aromatic rings. The van der Waals surface area contributed by atoms with Crippen LogP contribution in [0.15, 0.2) is 22.7 Å². The molecular formula is C15H19Br. The fourth-order valence-corrected chi connectivity index (χ4v) is 2.82. The first-order valence-corrected chi connectivity index (χ1v) is 7.08. The van der Waals surface area contributed by atoms with Gasteiger partial charge < -0.3 is 0 Å². The lowest BCUT2D eigenvalue weighted by Gasteiger charge is -2.08. The van der Waals surface area contributed by atoms with Gasteiger partial charge in [-0.3, -0.25) is 0 Å². The molecule has 0 bridgehead atoms. The summed E-state index contributed by atoms with van der Waals surface area (Å²) in [5, 5.41) is 0. The largest absolute Gasteiger partial charge is 0.0795 e. The zero-order chi connectivity index (χ0) is 11.4. The first-order chi connectivity index (χ1) is 7.81. The molecule has 2 rings (SSSR count). The Hall–Kier alpha value is -0.560. The van der Waals surface area contributed by atoms with Crippen LogP contribution in [-0.2, 0) is 12.8 Å². The number of rotatable bonds is 5. The molecule has 16 heavy (non-hydrogen) atoms.